The molecule has 0 amide bonds. The number of nitrogens with one attached hydrogen (secondary N) is 1. The number of phenolic OH excluding ortho intramolecular Hbond substituents is 1. The first-order valence-electron chi connectivity index (χ1n) is 4.82. The second-order valence-electron chi connectivity index (χ2n) is 3.92. The van der Waals surface area contributed by atoms with Gasteiger partial charge in [-0.05, 0) is 37.6 Å². The zero-order chi connectivity index (χ0) is 10.2. The number of hydrogen-bond acceptors (Lipinski definition) is 2. The average Bonchev–Trinajstić information content (AvgIpc) is 2.00. The highest BCUT2D eigenvalue weighted by molar-refractivity contribution is 5.32. The van der Waals surface area contributed by atoms with Crippen molar-refractivity contribution in [3.05, 3.63) is 29.8 Å². The zero-order valence-electron chi connectivity index (χ0n) is 8.13. The number of alkyl halides is 1. The number of halogens is 1. The lowest BCUT2D eigenvalue weighted by molar-refractivity contribution is 0.0856. The van der Waals surface area contributed by atoms with Crippen LogP contribution < -0.4 is 5.32 Å². The van der Waals surface area contributed by atoms with Crippen molar-refractivity contribution in [1.29, 1.82) is 0 Å². The topological polar surface area (TPSA) is 32.3 Å². The largest absolute Gasteiger partial charge is 0.508 e. The fraction of sp³-hybridized carbons (Fsp3) is 0.455. The SMILES string of the molecule is CC(F)(c1cccc(O)c1)C1CCN1. The summed E-state index contributed by atoms with van der Waals surface area (Å²) in [7, 11) is 0. The van der Waals surface area contributed by atoms with Gasteiger partial charge >= 0.3 is 0 Å². The molecule has 0 aliphatic carbocycles. The molecule has 76 valence electrons. The van der Waals surface area contributed by atoms with Crippen LogP contribution in [0.1, 0.15) is 18.9 Å². The maximum Gasteiger partial charge on any atom is 0.148 e. The van der Waals surface area contributed by atoms with Gasteiger partial charge in [0, 0.05) is 6.04 Å². The molecular weight excluding hydrogens is 181 g/mol. The van der Waals surface area contributed by atoms with Crippen LogP contribution >= 0.6 is 0 Å². The lowest BCUT2D eigenvalue weighted by atomic mass is 9.84. The van der Waals surface area contributed by atoms with Crippen molar-refractivity contribution in [2.45, 2.75) is 25.1 Å². The summed E-state index contributed by atoms with van der Waals surface area (Å²) in [4.78, 5) is 0. The Bertz CT molecular complexity index is 334. The Morgan fingerprint density at radius 3 is 2.79 bits per heavy atom. The third-order valence-electron chi connectivity index (χ3n) is 2.89. The minimum absolute atomic E-state index is 0.116. The molecule has 3 heteroatoms. The molecule has 0 radical (unpaired) electrons. The summed E-state index contributed by atoms with van der Waals surface area (Å²) in [6, 6.07) is 6.29. The molecule has 1 aliphatic heterocycles. The fourth-order valence-electron chi connectivity index (χ4n) is 1.76. The smallest absolute Gasteiger partial charge is 0.148 e. The molecule has 0 saturated carbocycles. The van der Waals surface area contributed by atoms with E-state index < -0.39 is 5.67 Å². The highest BCUT2D eigenvalue weighted by Crippen LogP contribution is 2.34. The number of hydrogen-bond donors (Lipinski definition) is 2. The average molecular weight is 195 g/mol. The predicted molar refractivity (Wildman–Crippen MR) is 53.0 cm³/mol. The molecule has 2 N–H and O–H groups in total. The Labute approximate surface area is 82.8 Å². The first-order chi connectivity index (χ1) is 6.60. The molecule has 1 aliphatic rings. The quantitative estimate of drug-likeness (QED) is 0.755. The summed E-state index contributed by atoms with van der Waals surface area (Å²) in [5, 5.41) is 12.3. The van der Waals surface area contributed by atoms with Crippen LogP contribution in [0.2, 0.25) is 0 Å². The van der Waals surface area contributed by atoms with Crippen molar-refractivity contribution < 1.29 is 9.50 Å². The van der Waals surface area contributed by atoms with Crippen LogP contribution in [0.5, 0.6) is 5.75 Å². The molecule has 0 spiro atoms. The van der Waals surface area contributed by atoms with E-state index in [4.69, 9.17) is 0 Å². The standard InChI is InChI=1S/C11H14FNO/c1-11(12,10-5-6-13-10)8-3-2-4-9(14)7-8/h2-4,7,10,13-14H,5-6H2,1H3. The fourth-order valence-corrected chi connectivity index (χ4v) is 1.76. The van der Waals surface area contributed by atoms with Crippen LogP contribution in [0.4, 0.5) is 4.39 Å². The van der Waals surface area contributed by atoms with Gasteiger partial charge < -0.3 is 10.4 Å². The first-order valence-corrected chi connectivity index (χ1v) is 4.82. The Morgan fingerprint density at radius 2 is 2.29 bits per heavy atom. The number of phenols is 1. The maximum absolute atomic E-state index is 14.3. The minimum atomic E-state index is -1.39. The second kappa shape index (κ2) is 3.24. The van der Waals surface area contributed by atoms with Crippen molar-refractivity contribution in [3.63, 3.8) is 0 Å². The minimum Gasteiger partial charge on any atom is -0.508 e. The normalized spacial score (nSPS) is 25.1. The number of rotatable bonds is 2. The second-order valence-corrected chi connectivity index (χ2v) is 3.92. The molecule has 2 atom stereocenters. The van der Waals surface area contributed by atoms with E-state index in [1.807, 2.05) is 0 Å². The summed E-state index contributed by atoms with van der Waals surface area (Å²) < 4.78 is 14.3. The van der Waals surface area contributed by atoms with Gasteiger partial charge in [-0.2, -0.15) is 0 Å². The van der Waals surface area contributed by atoms with E-state index in [2.05, 4.69) is 5.32 Å². The van der Waals surface area contributed by atoms with E-state index >= 15 is 0 Å². The van der Waals surface area contributed by atoms with Crippen LogP contribution in [0.15, 0.2) is 24.3 Å². The van der Waals surface area contributed by atoms with Crippen LogP contribution in [0.3, 0.4) is 0 Å². The van der Waals surface area contributed by atoms with Gasteiger partial charge in [-0.25, -0.2) is 4.39 Å². The molecule has 2 unspecified atom stereocenters. The van der Waals surface area contributed by atoms with Gasteiger partial charge in [-0.15, -0.1) is 0 Å². The molecule has 2 nitrogen and oxygen atoms in total. The monoisotopic (exact) mass is 195 g/mol. The maximum atomic E-state index is 14.3. The van der Waals surface area contributed by atoms with E-state index in [0.29, 0.717) is 5.56 Å². The van der Waals surface area contributed by atoms with Gasteiger partial charge in [0.25, 0.3) is 0 Å². The van der Waals surface area contributed by atoms with Gasteiger partial charge in [0.2, 0.25) is 0 Å². The third kappa shape index (κ3) is 1.48. The highest BCUT2D eigenvalue weighted by Gasteiger charge is 2.39. The molecule has 14 heavy (non-hydrogen) atoms. The van der Waals surface area contributed by atoms with Crippen LogP contribution in [0.25, 0.3) is 0 Å². The summed E-state index contributed by atoms with van der Waals surface area (Å²) in [5.41, 5.74) is -0.855. The van der Waals surface area contributed by atoms with Gasteiger partial charge in [-0.1, -0.05) is 12.1 Å². The van der Waals surface area contributed by atoms with E-state index in [9.17, 15) is 9.50 Å². The van der Waals surface area contributed by atoms with Gasteiger partial charge in [0.05, 0.1) is 0 Å². The predicted octanol–water partition coefficient (Wildman–Crippen LogP) is 1.94. The third-order valence-corrected chi connectivity index (χ3v) is 2.89. The lowest BCUT2D eigenvalue weighted by Crippen LogP contribution is -2.53. The number of aromatic hydroxyl groups is 1. The zero-order valence-corrected chi connectivity index (χ0v) is 8.13. The van der Waals surface area contributed by atoms with Gasteiger partial charge in [-0.3, -0.25) is 0 Å². The van der Waals surface area contributed by atoms with Crippen LogP contribution in [0, 0.1) is 0 Å². The Hall–Kier alpha value is -1.09. The molecule has 1 aromatic carbocycles. The van der Waals surface area contributed by atoms with Crippen molar-refractivity contribution in [2.24, 2.45) is 0 Å². The van der Waals surface area contributed by atoms with Gasteiger partial charge in [0.15, 0.2) is 0 Å². The summed E-state index contributed by atoms with van der Waals surface area (Å²) in [6.07, 6.45) is 0.850. The first kappa shape index (κ1) is 9.46. The summed E-state index contributed by atoms with van der Waals surface area (Å²) >= 11 is 0. The molecule has 0 bridgehead atoms. The van der Waals surface area contributed by atoms with Crippen molar-refractivity contribution in [1.82, 2.24) is 5.32 Å². The van der Waals surface area contributed by atoms with E-state index in [-0.39, 0.29) is 11.8 Å². The molecule has 1 aromatic rings. The summed E-state index contributed by atoms with van der Waals surface area (Å²) in [5.74, 6) is 0.116. The molecule has 1 heterocycles. The van der Waals surface area contributed by atoms with E-state index in [1.165, 1.54) is 6.07 Å². The Kier molecular flexibility index (Phi) is 2.19. The van der Waals surface area contributed by atoms with Crippen LogP contribution in [-0.2, 0) is 5.67 Å². The molecule has 0 aromatic heterocycles. The molecule has 1 fully saturated rings. The van der Waals surface area contributed by atoms with Crippen molar-refractivity contribution in [2.75, 3.05) is 6.54 Å². The van der Waals surface area contributed by atoms with Gasteiger partial charge in [0.1, 0.15) is 11.4 Å². The summed E-state index contributed by atoms with van der Waals surface area (Å²) in [6.45, 7) is 2.43. The molecule has 1 saturated heterocycles. The molecular formula is C11H14FNO. The lowest BCUT2D eigenvalue weighted by Gasteiger charge is -2.38. The molecule has 2 rings (SSSR count). The van der Waals surface area contributed by atoms with Crippen molar-refractivity contribution >= 4 is 0 Å². The Balaban J connectivity index is 2.28. The van der Waals surface area contributed by atoms with E-state index in [0.717, 1.165) is 13.0 Å². The van der Waals surface area contributed by atoms with E-state index in [1.54, 1.807) is 25.1 Å². The number of benzene rings is 1. The Morgan fingerprint density at radius 1 is 1.57 bits per heavy atom. The van der Waals surface area contributed by atoms with Crippen molar-refractivity contribution in [3.8, 4) is 5.75 Å². The highest BCUT2D eigenvalue weighted by atomic mass is 19.1. The van der Waals surface area contributed by atoms with Crippen LogP contribution in [-0.4, -0.2) is 17.7 Å².